The molecule has 3 aliphatic heterocycles. The second-order valence-corrected chi connectivity index (χ2v) is 22.1. The lowest BCUT2D eigenvalue weighted by molar-refractivity contribution is -0.145. The Morgan fingerprint density at radius 2 is 1.62 bits per heavy atom. The molecule has 71 heavy (non-hydrogen) atoms. The number of H-pyrrole nitrogens is 1. The highest BCUT2D eigenvalue weighted by molar-refractivity contribution is 7.13. The first-order chi connectivity index (χ1) is 34.2. The van der Waals surface area contributed by atoms with Crippen LogP contribution in [0.2, 0.25) is 0 Å². The first-order valence-electron chi connectivity index (χ1n) is 25.2. The Morgan fingerprint density at radius 1 is 0.887 bits per heavy atom. The molecule has 2 saturated heterocycles. The number of aliphatic hydroxyl groups excluding tert-OH is 1. The molecule has 0 bridgehead atoms. The number of piperidine rings is 1. The molecule has 7 heterocycles. The second kappa shape index (κ2) is 20.1. The highest BCUT2D eigenvalue weighted by atomic mass is 32.1. The second-order valence-electron chi connectivity index (χ2n) is 21.2. The summed E-state index contributed by atoms with van der Waals surface area (Å²) in [7, 11) is 0. The third kappa shape index (κ3) is 10.1. The third-order valence-electron chi connectivity index (χ3n) is 15.5. The molecule has 5 N–H and O–H groups in total. The number of amides is 3. The molecule has 16 nitrogen and oxygen atoms in total. The number of aromatic hydroxyl groups is 1. The van der Waals surface area contributed by atoms with E-state index in [4.69, 9.17) is 9.97 Å². The molecule has 4 atom stereocenters. The molecule has 10 rings (SSSR count). The number of aliphatic hydroxyl groups is 1. The predicted octanol–water partition coefficient (Wildman–Crippen LogP) is 7.22. The van der Waals surface area contributed by atoms with E-state index in [2.05, 4.69) is 40.6 Å². The fraction of sp³-hybridized carbons (Fsp3) is 0.481. The van der Waals surface area contributed by atoms with Crippen LogP contribution in [0.3, 0.4) is 0 Å². The summed E-state index contributed by atoms with van der Waals surface area (Å²) in [4.78, 5) is 67.2. The van der Waals surface area contributed by atoms with Crippen molar-refractivity contribution in [3.63, 3.8) is 0 Å². The number of phenols is 1. The molecule has 2 aromatic carbocycles. The fourth-order valence-corrected chi connectivity index (χ4v) is 12.1. The van der Waals surface area contributed by atoms with Crippen molar-refractivity contribution < 1.29 is 24.6 Å². The van der Waals surface area contributed by atoms with Gasteiger partial charge in [-0.3, -0.25) is 14.4 Å². The van der Waals surface area contributed by atoms with Crippen molar-refractivity contribution in [2.45, 2.75) is 129 Å². The van der Waals surface area contributed by atoms with Crippen LogP contribution in [-0.2, 0) is 27.3 Å². The average molecular weight is 980 g/mol. The van der Waals surface area contributed by atoms with Crippen molar-refractivity contribution in [3.8, 4) is 27.4 Å². The quantitative estimate of drug-likeness (QED) is 0.0873. The number of β-amino-alcohol motifs (C(OH)–C–C–N with tert-alkyl or cyclic N) is 1. The van der Waals surface area contributed by atoms with Gasteiger partial charge in [0.1, 0.15) is 17.8 Å². The van der Waals surface area contributed by atoms with Crippen LogP contribution >= 0.6 is 11.3 Å². The van der Waals surface area contributed by atoms with Crippen molar-refractivity contribution in [3.05, 3.63) is 101 Å². The maximum atomic E-state index is 14.4. The summed E-state index contributed by atoms with van der Waals surface area (Å²) in [5, 5.41) is 37.3. The smallest absolute Gasteiger partial charge is 0.246 e. The standard InChI is InChI=1S/C54H65N11O5S/c1-31(33-10-12-35(13-11-33)47-32(2)57-30-71-47)58-51(69)45-24-39(66)28-65(45)52(70)48(54(3,4)5)60-50(68)36-14-16-38(17-15-36)63-21-18-34(19-22-63)37-26-55-53(56-27-37)64-23-20-43-42(29-64)41-25-44(61-62-49(41)59-43)40-8-6-7-9-46(40)67/h6-13,25-27,30-31,34,36,38-39,45,48,66-67H,14-24,28-29H2,1-5H3,(H,58,69)(H,59,62)(H,60,68)/t31-,36?,38?,39+,45-,48+/m0/s1. The molecule has 372 valence electrons. The van der Waals surface area contributed by atoms with Gasteiger partial charge in [-0.15, -0.1) is 21.5 Å². The maximum absolute atomic E-state index is 14.4. The third-order valence-corrected chi connectivity index (χ3v) is 16.5. The minimum Gasteiger partial charge on any atom is -0.507 e. The van der Waals surface area contributed by atoms with E-state index in [0.717, 1.165) is 109 Å². The van der Waals surface area contributed by atoms with Crippen molar-refractivity contribution in [1.29, 1.82) is 0 Å². The van der Waals surface area contributed by atoms with E-state index in [1.165, 1.54) is 10.5 Å². The highest BCUT2D eigenvalue weighted by Crippen LogP contribution is 2.37. The topological polar surface area (TPSA) is 206 Å². The van der Waals surface area contributed by atoms with Crippen LogP contribution in [0.25, 0.3) is 32.7 Å². The number of carbonyl (C=O) groups excluding carboxylic acids is 3. The number of hydrogen-bond donors (Lipinski definition) is 5. The number of rotatable bonds is 11. The minimum atomic E-state index is -0.862. The average Bonchev–Trinajstić information content (AvgIpc) is 4.11. The van der Waals surface area contributed by atoms with Crippen molar-refractivity contribution in [2.24, 2.45) is 11.3 Å². The van der Waals surface area contributed by atoms with Crippen molar-refractivity contribution in [2.75, 3.05) is 31.1 Å². The monoisotopic (exact) mass is 979 g/mol. The molecule has 1 saturated carbocycles. The molecule has 0 spiro atoms. The number of nitrogens with zero attached hydrogens (tertiary/aromatic N) is 8. The normalized spacial score (nSPS) is 22.0. The zero-order valence-corrected chi connectivity index (χ0v) is 42.1. The summed E-state index contributed by atoms with van der Waals surface area (Å²) in [6.45, 7) is 13.1. The number of fused-ring (bicyclic) bond motifs is 3. The van der Waals surface area contributed by atoms with Gasteiger partial charge in [0.25, 0.3) is 0 Å². The highest BCUT2D eigenvalue weighted by Gasteiger charge is 2.45. The van der Waals surface area contributed by atoms with E-state index in [9.17, 15) is 24.6 Å². The molecular weight excluding hydrogens is 915 g/mol. The van der Waals surface area contributed by atoms with Gasteiger partial charge in [-0.05, 0) is 112 Å². The largest absolute Gasteiger partial charge is 0.507 e. The Kier molecular flexibility index (Phi) is 13.7. The Labute approximate surface area is 418 Å². The van der Waals surface area contributed by atoms with Crippen molar-refractivity contribution >= 4 is 46.0 Å². The molecule has 3 amide bonds. The SMILES string of the molecule is Cc1ncsc1-c1ccc([C@H](C)NC(=O)[C@@H]2C[C@@H](O)CN2C(=O)[C@@H](NC(=O)C2CCC(N3CCC(c4cnc(N5CCc6[nH]c7nnc(-c8ccccc8O)cc7c6C5)nc4)CC3)CC2)C(C)(C)C)cc1. The van der Waals surface area contributed by atoms with Crippen LogP contribution in [0, 0.1) is 18.3 Å². The molecule has 17 heteroatoms. The number of phenolic OH excluding ortho intramolecular Hbond substituents is 1. The first kappa shape index (κ1) is 48.3. The number of aromatic nitrogens is 6. The van der Waals surface area contributed by atoms with Crippen LogP contribution in [-0.4, -0.2) is 118 Å². The summed E-state index contributed by atoms with van der Waals surface area (Å²) in [6.07, 6.45) is 9.46. The van der Waals surface area contributed by atoms with E-state index in [1.54, 1.807) is 23.5 Å². The molecule has 6 aromatic rings. The lowest BCUT2D eigenvalue weighted by Crippen LogP contribution is -2.58. The predicted molar refractivity (Wildman–Crippen MR) is 273 cm³/mol. The van der Waals surface area contributed by atoms with Gasteiger partial charge >= 0.3 is 0 Å². The number of anilines is 1. The zero-order valence-electron chi connectivity index (χ0n) is 41.3. The number of para-hydroxylation sites is 1. The van der Waals surface area contributed by atoms with Gasteiger partial charge in [0.15, 0.2) is 5.65 Å². The van der Waals surface area contributed by atoms with Crippen LogP contribution in [0.15, 0.2) is 72.5 Å². The number of likely N-dealkylation sites (tertiary alicyclic amines) is 2. The lowest BCUT2D eigenvalue weighted by atomic mass is 9.81. The van der Waals surface area contributed by atoms with Crippen LogP contribution in [0.1, 0.15) is 113 Å². The van der Waals surface area contributed by atoms with Crippen LogP contribution < -0.4 is 15.5 Å². The number of hydrogen-bond acceptors (Lipinski definition) is 13. The summed E-state index contributed by atoms with van der Waals surface area (Å²) in [5.41, 5.74) is 9.64. The van der Waals surface area contributed by atoms with E-state index in [0.29, 0.717) is 35.7 Å². The first-order valence-corrected chi connectivity index (χ1v) is 26.1. The molecule has 3 fully saturated rings. The van der Waals surface area contributed by atoms with Crippen molar-refractivity contribution in [1.82, 2.24) is 50.6 Å². The lowest BCUT2D eigenvalue weighted by Gasteiger charge is -2.41. The van der Waals surface area contributed by atoms with Crippen LogP contribution in [0.4, 0.5) is 5.95 Å². The zero-order chi connectivity index (χ0) is 49.6. The van der Waals surface area contributed by atoms with Gasteiger partial charge in [0.2, 0.25) is 23.7 Å². The molecule has 4 aliphatic rings. The number of benzene rings is 2. The molecule has 1 aliphatic carbocycles. The van der Waals surface area contributed by atoms with E-state index < -0.39 is 23.6 Å². The van der Waals surface area contributed by atoms with Gasteiger partial charge in [0.05, 0.1) is 33.9 Å². The Bertz CT molecular complexity index is 2880. The molecule has 4 aromatic heterocycles. The Hall–Kier alpha value is -6.30. The Balaban J connectivity index is 0.699. The fourth-order valence-electron chi connectivity index (χ4n) is 11.3. The molecular formula is C54H65N11O5S. The van der Waals surface area contributed by atoms with Gasteiger partial charge in [-0.1, -0.05) is 57.2 Å². The summed E-state index contributed by atoms with van der Waals surface area (Å²) in [5.74, 6) is 0.268. The van der Waals surface area contributed by atoms with Gasteiger partial charge in [-0.2, -0.15) is 0 Å². The van der Waals surface area contributed by atoms with E-state index in [1.807, 2.05) is 95.0 Å². The number of nitrogens with one attached hydrogen (secondary N) is 3. The number of thiazole rings is 1. The Morgan fingerprint density at radius 3 is 2.31 bits per heavy atom. The summed E-state index contributed by atoms with van der Waals surface area (Å²) >= 11 is 1.59. The summed E-state index contributed by atoms with van der Waals surface area (Å²) in [6, 6.07) is 15.6. The van der Waals surface area contributed by atoms with E-state index >= 15 is 0 Å². The van der Waals surface area contributed by atoms with E-state index in [-0.39, 0.29) is 48.4 Å². The minimum absolute atomic E-state index is 0.0320. The number of aromatic amines is 1. The molecule has 0 unspecified atom stereocenters. The number of carbonyl (C=O) groups is 3. The van der Waals surface area contributed by atoms with Gasteiger partial charge in [-0.25, -0.2) is 15.0 Å². The number of aryl methyl sites for hydroxylation is 1. The van der Waals surface area contributed by atoms with Gasteiger partial charge < -0.3 is 40.5 Å². The van der Waals surface area contributed by atoms with Gasteiger partial charge in [0, 0.05) is 79.0 Å². The summed E-state index contributed by atoms with van der Waals surface area (Å²) < 4.78 is 0. The van der Waals surface area contributed by atoms with Crippen LogP contribution in [0.5, 0.6) is 5.75 Å². The maximum Gasteiger partial charge on any atom is 0.246 e. The molecule has 0 radical (unpaired) electrons.